The summed E-state index contributed by atoms with van der Waals surface area (Å²) in [6, 6.07) is 0. The number of nitrogens with zero attached hydrogens (tertiary/aromatic N) is 2. The van der Waals surface area contributed by atoms with Gasteiger partial charge in [-0.15, -0.1) is 0 Å². The van der Waals surface area contributed by atoms with Gasteiger partial charge in [-0.2, -0.15) is 0 Å². The van der Waals surface area contributed by atoms with E-state index in [-0.39, 0.29) is 0 Å². The van der Waals surface area contributed by atoms with Crippen LogP contribution in [0.2, 0.25) is 0 Å². The molecule has 14 heavy (non-hydrogen) atoms. The number of rotatable bonds is 6. The molecule has 0 radical (unpaired) electrons. The number of hydrogen-bond donors (Lipinski definition) is 1. The number of nitrogens with one attached hydrogen (secondary N) is 1. The Kier molecular flexibility index (Phi) is 6.15. The van der Waals surface area contributed by atoms with E-state index in [9.17, 15) is 0 Å². The van der Waals surface area contributed by atoms with E-state index in [1.165, 1.54) is 58.8 Å². The van der Waals surface area contributed by atoms with Crippen LogP contribution in [0.25, 0.3) is 0 Å². The van der Waals surface area contributed by atoms with Gasteiger partial charge in [-0.3, -0.25) is 4.90 Å². The van der Waals surface area contributed by atoms with Crippen molar-refractivity contribution in [1.82, 2.24) is 15.1 Å². The molecule has 1 aliphatic rings. The van der Waals surface area contributed by atoms with Gasteiger partial charge in [-0.25, -0.2) is 0 Å². The summed E-state index contributed by atoms with van der Waals surface area (Å²) in [6.07, 6.45) is 1.27. The molecule has 0 bridgehead atoms. The van der Waals surface area contributed by atoms with Crippen LogP contribution >= 0.6 is 0 Å². The Hall–Kier alpha value is -0.120. The second kappa shape index (κ2) is 7.21. The first-order valence-electron chi connectivity index (χ1n) is 6.02. The fourth-order valence-corrected chi connectivity index (χ4v) is 1.96. The van der Waals surface area contributed by atoms with Crippen molar-refractivity contribution < 1.29 is 0 Å². The Bertz CT molecular complexity index is 128. The zero-order valence-electron chi connectivity index (χ0n) is 9.76. The van der Waals surface area contributed by atoms with Crippen molar-refractivity contribution in [3.05, 3.63) is 0 Å². The van der Waals surface area contributed by atoms with Gasteiger partial charge in [0.2, 0.25) is 0 Å². The lowest BCUT2D eigenvalue weighted by Crippen LogP contribution is -2.46. The molecule has 3 heteroatoms. The van der Waals surface area contributed by atoms with Crippen LogP contribution in [-0.4, -0.2) is 62.2 Å². The van der Waals surface area contributed by atoms with Gasteiger partial charge in [0.05, 0.1) is 0 Å². The summed E-state index contributed by atoms with van der Waals surface area (Å²) in [4.78, 5) is 5.11. The quantitative estimate of drug-likeness (QED) is 0.677. The molecular formula is C11H25N3. The molecule has 0 spiro atoms. The summed E-state index contributed by atoms with van der Waals surface area (Å²) in [5.41, 5.74) is 0. The summed E-state index contributed by atoms with van der Waals surface area (Å²) in [5, 5.41) is 3.39. The van der Waals surface area contributed by atoms with E-state index >= 15 is 0 Å². The minimum atomic E-state index is 1.17. The van der Waals surface area contributed by atoms with E-state index in [4.69, 9.17) is 0 Å². The first kappa shape index (κ1) is 12.0. The van der Waals surface area contributed by atoms with Gasteiger partial charge in [0, 0.05) is 39.3 Å². The largest absolute Gasteiger partial charge is 0.314 e. The molecular weight excluding hydrogens is 174 g/mol. The summed E-state index contributed by atoms with van der Waals surface area (Å²) in [6.45, 7) is 14.2. The van der Waals surface area contributed by atoms with Crippen LogP contribution in [0.4, 0.5) is 0 Å². The molecule has 0 aromatic carbocycles. The SMILES string of the molecule is CCCN(CC)CCN1CCNCC1. The molecule has 0 aromatic heterocycles. The second-order valence-corrected chi connectivity index (χ2v) is 4.03. The number of likely N-dealkylation sites (N-methyl/N-ethyl adjacent to an activating group) is 1. The third-order valence-electron chi connectivity index (χ3n) is 2.93. The molecule has 1 fully saturated rings. The van der Waals surface area contributed by atoms with Gasteiger partial charge in [0.25, 0.3) is 0 Å². The van der Waals surface area contributed by atoms with Crippen molar-refractivity contribution in [1.29, 1.82) is 0 Å². The minimum Gasteiger partial charge on any atom is -0.314 e. The fourth-order valence-electron chi connectivity index (χ4n) is 1.96. The van der Waals surface area contributed by atoms with E-state index in [0.717, 1.165) is 0 Å². The summed E-state index contributed by atoms with van der Waals surface area (Å²) in [5.74, 6) is 0. The third-order valence-corrected chi connectivity index (χ3v) is 2.93. The predicted octanol–water partition coefficient (Wildman–Crippen LogP) is 0.624. The molecule has 0 aromatic rings. The molecule has 1 N–H and O–H groups in total. The van der Waals surface area contributed by atoms with Crippen LogP contribution in [0.5, 0.6) is 0 Å². The Morgan fingerprint density at radius 3 is 2.43 bits per heavy atom. The molecule has 0 atom stereocenters. The van der Waals surface area contributed by atoms with Gasteiger partial charge in [-0.05, 0) is 19.5 Å². The zero-order chi connectivity index (χ0) is 10.2. The van der Waals surface area contributed by atoms with E-state index in [2.05, 4.69) is 29.0 Å². The van der Waals surface area contributed by atoms with Crippen molar-refractivity contribution in [2.24, 2.45) is 0 Å². The smallest absolute Gasteiger partial charge is 0.0110 e. The van der Waals surface area contributed by atoms with Gasteiger partial charge in [0.15, 0.2) is 0 Å². The van der Waals surface area contributed by atoms with Crippen LogP contribution in [0.15, 0.2) is 0 Å². The molecule has 1 heterocycles. The molecule has 1 aliphatic heterocycles. The molecule has 0 saturated carbocycles. The van der Waals surface area contributed by atoms with Crippen molar-refractivity contribution >= 4 is 0 Å². The lowest BCUT2D eigenvalue weighted by molar-refractivity contribution is 0.193. The van der Waals surface area contributed by atoms with Crippen LogP contribution in [-0.2, 0) is 0 Å². The predicted molar refractivity (Wildman–Crippen MR) is 61.7 cm³/mol. The number of hydrogen-bond acceptors (Lipinski definition) is 3. The summed E-state index contributed by atoms with van der Waals surface area (Å²) in [7, 11) is 0. The lowest BCUT2D eigenvalue weighted by atomic mass is 10.3. The minimum absolute atomic E-state index is 1.17. The molecule has 1 rings (SSSR count). The first-order valence-corrected chi connectivity index (χ1v) is 6.02. The Morgan fingerprint density at radius 2 is 1.86 bits per heavy atom. The second-order valence-electron chi connectivity index (χ2n) is 4.03. The van der Waals surface area contributed by atoms with E-state index < -0.39 is 0 Å². The number of piperazine rings is 1. The van der Waals surface area contributed by atoms with Crippen molar-refractivity contribution in [3.8, 4) is 0 Å². The molecule has 0 amide bonds. The highest BCUT2D eigenvalue weighted by Gasteiger charge is 2.10. The normalized spacial score (nSPS) is 19.1. The molecule has 0 aliphatic carbocycles. The van der Waals surface area contributed by atoms with Gasteiger partial charge >= 0.3 is 0 Å². The van der Waals surface area contributed by atoms with Crippen LogP contribution < -0.4 is 5.32 Å². The van der Waals surface area contributed by atoms with E-state index in [0.29, 0.717) is 0 Å². The zero-order valence-corrected chi connectivity index (χ0v) is 9.76. The van der Waals surface area contributed by atoms with E-state index in [1.807, 2.05) is 0 Å². The summed E-state index contributed by atoms with van der Waals surface area (Å²) < 4.78 is 0. The maximum atomic E-state index is 3.39. The third kappa shape index (κ3) is 4.40. The van der Waals surface area contributed by atoms with Crippen molar-refractivity contribution in [2.45, 2.75) is 20.3 Å². The van der Waals surface area contributed by atoms with Crippen LogP contribution in [0, 0.1) is 0 Å². The van der Waals surface area contributed by atoms with Gasteiger partial charge in [0.1, 0.15) is 0 Å². The summed E-state index contributed by atoms with van der Waals surface area (Å²) >= 11 is 0. The average Bonchev–Trinajstić information content (AvgIpc) is 2.25. The maximum Gasteiger partial charge on any atom is 0.0110 e. The van der Waals surface area contributed by atoms with Crippen LogP contribution in [0.3, 0.4) is 0 Å². The highest BCUT2D eigenvalue weighted by atomic mass is 15.2. The van der Waals surface area contributed by atoms with Crippen LogP contribution in [0.1, 0.15) is 20.3 Å². The molecule has 3 nitrogen and oxygen atoms in total. The molecule has 1 saturated heterocycles. The Balaban J connectivity index is 2.10. The fraction of sp³-hybridized carbons (Fsp3) is 1.00. The lowest BCUT2D eigenvalue weighted by Gasteiger charge is -2.29. The average molecular weight is 199 g/mol. The Morgan fingerprint density at radius 1 is 1.14 bits per heavy atom. The highest BCUT2D eigenvalue weighted by Crippen LogP contribution is 1.95. The molecule has 0 unspecified atom stereocenters. The monoisotopic (exact) mass is 199 g/mol. The van der Waals surface area contributed by atoms with Crippen molar-refractivity contribution in [3.63, 3.8) is 0 Å². The Labute approximate surface area is 88.5 Å². The van der Waals surface area contributed by atoms with Gasteiger partial charge < -0.3 is 10.2 Å². The standard InChI is InChI=1S/C11H25N3/c1-3-7-13(4-2)10-11-14-8-5-12-6-9-14/h12H,3-11H2,1-2H3. The topological polar surface area (TPSA) is 18.5 Å². The van der Waals surface area contributed by atoms with Crippen molar-refractivity contribution in [2.75, 3.05) is 52.4 Å². The maximum absolute atomic E-state index is 3.39. The van der Waals surface area contributed by atoms with E-state index in [1.54, 1.807) is 0 Å². The highest BCUT2D eigenvalue weighted by molar-refractivity contribution is 4.69. The van der Waals surface area contributed by atoms with Gasteiger partial charge in [-0.1, -0.05) is 13.8 Å². The first-order chi connectivity index (χ1) is 6.86. The molecule has 84 valence electrons.